The molecule has 126 valence electrons. The van der Waals surface area contributed by atoms with Gasteiger partial charge in [-0.2, -0.15) is 13.2 Å². The van der Waals surface area contributed by atoms with Crippen molar-refractivity contribution in [1.29, 1.82) is 0 Å². The SMILES string of the molecule is CC1Cc2ccccc2N1CC(=O)Nc1cccc(C(F)(F)F)c1. The Labute approximate surface area is 138 Å². The fourth-order valence-electron chi connectivity index (χ4n) is 3.00. The molecule has 0 spiro atoms. The zero-order valence-corrected chi connectivity index (χ0v) is 13.1. The largest absolute Gasteiger partial charge is 0.416 e. The zero-order valence-electron chi connectivity index (χ0n) is 13.1. The molecule has 1 unspecified atom stereocenters. The van der Waals surface area contributed by atoms with Crippen LogP contribution in [0.25, 0.3) is 0 Å². The van der Waals surface area contributed by atoms with Gasteiger partial charge in [0.25, 0.3) is 0 Å². The van der Waals surface area contributed by atoms with Gasteiger partial charge in [-0.25, -0.2) is 0 Å². The molecule has 1 aliphatic heterocycles. The van der Waals surface area contributed by atoms with Crippen LogP contribution in [-0.4, -0.2) is 18.5 Å². The van der Waals surface area contributed by atoms with E-state index in [2.05, 4.69) is 5.32 Å². The highest BCUT2D eigenvalue weighted by Crippen LogP contribution is 2.32. The van der Waals surface area contributed by atoms with Crippen molar-refractivity contribution in [2.75, 3.05) is 16.8 Å². The highest BCUT2D eigenvalue weighted by atomic mass is 19.4. The molecule has 0 bridgehead atoms. The van der Waals surface area contributed by atoms with E-state index in [1.807, 2.05) is 36.1 Å². The van der Waals surface area contributed by atoms with Gasteiger partial charge >= 0.3 is 6.18 Å². The number of nitrogens with zero attached hydrogens (tertiary/aromatic N) is 1. The van der Waals surface area contributed by atoms with Crippen LogP contribution in [0.4, 0.5) is 24.5 Å². The van der Waals surface area contributed by atoms with E-state index in [0.29, 0.717) is 0 Å². The Morgan fingerprint density at radius 3 is 2.71 bits per heavy atom. The molecule has 1 atom stereocenters. The van der Waals surface area contributed by atoms with Crippen LogP contribution in [-0.2, 0) is 17.4 Å². The van der Waals surface area contributed by atoms with Crippen LogP contribution >= 0.6 is 0 Å². The number of nitrogens with one attached hydrogen (secondary N) is 1. The lowest BCUT2D eigenvalue weighted by molar-refractivity contribution is -0.137. The molecule has 1 aliphatic rings. The molecule has 1 amide bonds. The molecule has 0 aliphatic carbocycles. The van der Waals surface area contributed by atoms with Crippen molar-refractivity contribution < 1.29 is 18.0 Å². The lowest BCUT2D eigenvalue weighted by Crippen LogP contribution is -2.37. The highest BCUT2D eigenvalue weighted by molar-refractivity contribution is 5.94. The molecule has 3 nitrogen and oxygen atoms in total. The summed E-state index contributed by atoms with van der Waals surface area (Å²) in [6, 6.07) is 12.7. The fraction of sp³-hybridized carbons (Fsp3) is 0.278. The molecule has 1 N–H and O–H groups in total. The van der Waals surface area contributed by atoms with E-state index in [1.54, 1.807) is 0 Å². The van der Waals surface area contributed by atoms with Crippen molar-refractivity contribution in [2.24, 2.45) is 0 Å². The first-order valence-corrected chi connectivity index (χ1v) is 7.66. The van der Waals surface area contributed by atoms with Crippen LogP contribution in [0.3, 0.4) is 0 Å². The van der Waals surface area contributed by atoms with Crippen LogP contribution in [0, 0.1) is 0 Å². The highest BCUT2D eigenvalue weighted by Gasteiger charge is 2.31. The maximum Gasteiger partial charge on any atom is 0.416 e. The minimum absolute atomic E-state index is 0.106. The number of hydrogen-bond acceptors (Lipinski definition) is 2. The van der Waals surface area contributed by atoms with Crippen molar-refractivity contribution in [3.63, 3.8) is 0 Å². The maximum atomic E-state index is 12.7. The lowest BCUT2D eigenvalue weighted by atomic mass is 10.1. The summed E-state index contributed by atoms with van der Waals surface area (Å²) >= 11 is 0. The maximum absolute atomic E-state index is 12.7. The molecular weight excluding hydrogens is 317 g/mol. The number of amides is 1. The molecule has 0 saturated heterocycles. The molecule has 24 heavy (non-hydrogen) atoms. The van der Waals surface area contributed by atoms with E-state index in [0.717, 1.165) is 24.2 Å². The van der Waals surface area contributed by atoms with Gasteiger partial charge in [-0.1, -0.05) is 24.3 Å². The minimum atomic E-state index is -4.43. The molecule has 6 heteroatoms. The Balaban J connectivity index is 1.71. The fourth-order valence-corrected chi connectivity index (χ4v) is 3.00. The topological polar surface area (TPSA) is 32.3 Å². The average molecular weight is 334 g/mol. The Bertz CT molecular complexity index is 758. The second-order valence-electron chi connectivity index (χ2n) is 5.94. The zero-order chi connectivity index (χ0) is 17.3. The normalized spacial score (nSPS) is 16.8. The summed E-state index contributed by atoms with van der Waals surface area (Å²) in [5.74, 6) is -0.335. The molecule has 0 aromatic heterocycles. The van der Waals surface area contributed by atoms with Crippen molar-refractivity contribution in [1.82, 2.24) is 0 Å². The number of anilines is 2. The van der Waals surface area contributed by atoms with E-state index in [1.165, 1.54) is 17.7 Å². The third-order valence-corrected chi connectivity index (χ3v) is 4.14. The lowest BCUT2D eigenvalue weighted by Gasteiger charge is -2.24. The second-order valence-corrected chi connectivity index (χ2v) is 5.94. The number of para-hydroxylation sites is 1. The Kier molecular flexibility index (Phi) is 4.22. The first-order chi connectivity index (χ1) is 11.3. The Hall–Kier alpha value is -2.50. The number of hydrogen-bond donors (Lipinski definition) is 1. The summed E-state index contributed by atoms with van der Waals surface area (Å²) in [5.41, 5.74) is 1.55. The third kappa shape index (κ3) is 3.37. The third-order valence-electron chi connectivity index (χ3n) is 4.14. The van der Waals surface area contributed by atoms with Gasteiger partial charge in [0.1, 0.15) is 0 Å². The van der Waals surface area contributed by atoms with E-state index < -0.39 is 11.7 Å². The standard InChI is InChI=1S/C18H17F3N2O/c1-12-9-13-5-2-3-8-16(13)23(12)11-17(24)22-15-7-4-6-14(10-15)18(19,20)21/h2-8,10,12H,9,11H2,1H3,(H,22,24). The number of rotatable bonds is 3. The number of carbonyl (C=O) groups is 1. The smallest absolute Gasteiger partial charge is 0.359 e. The summed E-state index contributed by atoms with van der Waals surface area (Å²) in [6.45, 7) is 2.13. The van der Waals surface area contributed by atoms with Crippen molar-refractivity contribution in [2.45, 2.75) is 25.6 Å². The van der Waals surface area contributed by atoms with Crippen LogP contribution in [0.1, 0.15) is 18.1 Å². The van der Waals surface area contributed by atoms with Gasteiger partial charge in [-0.3, -0.25) is 4.79 Å². The van der Waals surface area contributed by atoms with Gasteiger partial charge in [0.15, 0.2) is 0 Å². The summed E-state index contributed by atoms with van der Waals surface area (Å²) < 4.78 is 38.2. The quantitative estimate of drug-likeness (QED) is 0.917. The molecule has 2 aromatic rings. The summed E-state index contributed by atoms with van der Waals surface area (Å²) in [4.78, 5) is 14.2. The van der Waals surface area contributed by atoms with Gasteiger partial charge in [-0.15, -0.1) is 0 Å². The van der Waals surface area contributed by atoms with Crippen molar-refractivity contribution in [3.8, 4) is 0 Å². The van der Waals surface area contributed by atoms with Crippen molar-refractivity contribution in [3.05, 3.63) is 59.7 Å². The monoisotopic (exact) mass is 334 g/mol. The molecular formula is C18H17F3N2O. The van der Waals surface area contributed by atoms with Crippen LogP contribution in [0.2, 0.25) is 0 Å². The number of carbonyl (C=O) groups excluding carboxylic acids is 1. The van der Waals surface area contributed by atoms with E-state index in [9.17, 15) is 18.0 Å². The summed E-state index contributed by atoms with van der Waals surface area (Å²) in [7, 11) is 0. The van der Waals surface area contributed by atoms with E-state index in [-0.39, 0.29) is 24.2 Å². The number of halogens is 3. The van der Waals surface area contributed by atoms with Gasteiger partial charge < -0.3 is 10.2 Å². The molecule has 2 aromatic carbocycles. The first kappa shape index (κ1) is 16.4. The average Bonchev–Trinajstić information content (AvgIpc) is 2.83. The van der Waals surface area contributed by atoms with Crippen LogP contribution in [0.15, 0.2) is 48.5 Å². The van der Waals surface area contributed by atoms with Gasteiger partial charge in [0.05, 0.1) is 12.1 Å². The van der Waals surface area contributed by atoms with Crippen LogP contribution in [0.5, 0.6) is 0 Å². The summed E-state index contributed by atoms with van der Waals surface area (Å²) in [6.07, 6.45) is -3.57. The Morgan fingerprint density at radius 1 is 1.21 bits per heavy atom. The predicted molar refractivity (Wildman–Crippen MR) is 87.0 cm³/mol. The molecule has 3 rings (SSSR count). The van der Waals surface area contributed by atoms with Crippen molar-refractivity contribution >= 4 is 17.3 Å². The van der Waals surface area contributed by atoms with E-state index in [4.69, 9.17) is 0 Å². The number of benzene rings is 2. The van der Waals surface area contributed by atoms with E-state index >= 15 is 0 Å². The predicted octanol–water partition coefficient (Wildman–Crippen LogP) is 4.10. The Morgan fingerprint density at radius 2 is 1.96 bits per heavy atom. The summed E-state index contributed by atoms with van der Waals surface area (Å²) in [5, 5.41) is 2.55. The second kappa shape index (κ2) is 6.19. The number of fused-ring (bicyclic) bond motifs is 1. The van der Waals surface area contributed by atoms with Crippen LogP contribution < -0.4 is 10.2 Å². The van der Waals surface area contributed by atoms with Gasteiger partial charge in [0.2, 0.25) is 5.91 Å². The first-order valence-electron chi connectivity index (χ1n) is 7.66. The number of alkyl halides is 3. The molecule has 0 saturated carbocycles. The van der Waals surface area contributed by atoms with Gasteiger partial charge in [0, 0.05) is 17.4 Å². The molecule has 0 fully saturated rings. The minimum Gasteiger partial charge on any atom is -0.359 e. The van der Waals surface area contributed by atoms with Gasteiger partial charge in [-0.05, 0) is 43.2 Å². The molecule has 0 radical (unpaired) electrons. The molecule has 1 heterocycles.